The van der Waals surface area contributed by atoms with Crippen LogP contribution in [0.3, 0.4) is 0 Å². The molecule has 0 unspecified atom stereocenters. The molecule has 3 heterocycles. The van der Waals surface area contributed by atoms with Gasteiger partial charge < -0.3 is 15.6 Å². The lowest BCUT2D eigenvalue weighted by atomic mass is 10.2. The molecule has 7 nitrogen and oxygen atoms in total. The van der Waals surface area contributed by atoms with Gasteiger partial charge in [0.1, 0.15) is 0 Å². The monoisotopic (exact) mass is 347 g/mol. The highest BCUT2D eigenvalue weighted by Gasteiger charge is 2.15. The first-order chi connectivity index (χ1) is 12.6. The first-order valence-corrected chi connectivity index (χ1v) is 8.37. The number of benzene rings is 1. The highest BCUT2D eigenvalue weighted by Crippen LogP contribution is 2.11. The molecule has 0 bridgehead atoms. The van der Waals surface area contributed by atoms with Crippen molar-refractivity contribution in [2.24, 2.45) is 0 Å². The van der Waals surface area contributed by atoms with Crippen LogP contribution in [0.2, 0.25) is 0 Å². The average molecular weight is 347 g/mol. The summed E-state index contributed by atoms with van der Waals surface area (Å²) in [7, 11) is 4.07. The number of aromatic amines is 1. The molecule has 0 aliphatic heterocycles. The van der Waals surface area contributed by atoms with E-state index in [1.807, 2.05) is 18.7 Å². The summed E-state index contributed by atoms with van der Waals surface area (Å²) in [6.45, 7) is 0.680. The third-order valence-electron chi connectivity index (χ3n) is 4.40. The molecular formula is C19H21N7+2. The summed E-state index contributed by atoms with van der Waals surface area (Å²) in [5.74, 6) is 0.460. The second-order valence-corrected chi connectivity index (χ2v) is 6.38. The molecule has 0 saturated heterocycles. The van der Waals surface area contributed by atoms with Gasteiger partial charge in [-0.05, 0) is 17.7 Å². The maximum Gasteiger partial charge on any atom is 0.293 e. The number of H-pyrrole nitrogens is 1. The minimum Gasteiger partial charge on any atom is -0.377 e. The topological polar surface area (TPSA) is 78.6 Å². The summed E-state index contributed by atoms with van der Waals surface area (Å²) in [5, 5.41) is 0. The van der Waals surface area contributed by atoms with Gasteiger partial charge in [0.05, 0.1) is 6.54 Å². The number of hydrogen-bond acceptors (Lipinski definition) is 4. The Bertz CT molecular complexity index is 1030. The summed E-state index contributed by atoms with van der Waals surface area (Å²) >= 11 is 0. The van der Waals surface area contributed by atoms with E-state index in [1.165, 1.54) is 11.3 Å². The van der Waals surface area contributed by atoms with Crippen molar-refractivity contribution in [1.82, 2.24) is 15.0 Å². The molecule has 4 rings (SSSR count). The van der Waals surface area contributed by atoms with Crippen LogP contribution in [0.5, 0.6) is 0 Å². The highest BCUT2D eigenvalue weighted by atomic mass is 15.1. The van der Waals surface area contributed by atoms with E-state index in [2.05, 4.69) is 73.2 Å². The summed E-state index contributed by atoms with van der Waals surface area (Å²) in [5.41, 5.74) is 10.9. The number of nitrogens with one attached hydrogen (secondary N) is 1. The van der Waals surface area contributed by atoms with Crippen molar-refractivity contribution < 1.29 is 9.13 Å². The molecule has 0 atom stereocenters. The van der Waals surface area contributed by atoms with E-state index < -0.39 is 0 Å². The predicted octanol–water partition coefficient (Wildman–Crippen LogP) is 1.22. The van der Waals surface area contributed by atoms with E-state index in [0.29, 0.717) is 12.4 Å². The van der Waals surface area contributed by atoms with Crippen LogP contribution < -0.4 is 19.8 Å². The third kappa shape index (κ3) is 2.95. The first-order valence-electron chi connectivity index (χ1n) is 8.37. The summed E-state index contributed by atoms with van der Waals surface area (Å²) in [6.07, 6.45) is 7.49. The van der Waals surface area contributed by atoms with Crippen molar-refractivity contribution in [1.29, 1.82) is 0 Å². The zero-order valence-electron chi connectivity index (χ0n) is 14.8. The number of nitrogen functional groups attached to an aromatic ring is 1. The van der Waals surface area contributed by atoms with Gasteiger partial charge in [-0.15, -0.1) is 0 Å². The van der Waals surface area contributed by atoms with Crippen LogP contribution >= 0.6 is 0 Å². The Labute approximate surface area is 151 Å². The van der Waals surface area contributed by atoms with Crippen LogP contribution in [0.25, 0.3) is 16.9 Å². The number of anilines is 2. The number of nitrogens with two attached hydrogens (primary N) is 1. The minimum absolute atomic E-state index is 0.460. The molecule has 130 valence electrons. The molecule has 0 aliphatic rings. The van der Waals surface area contributed by atoms with Crippen LogP contribution in [-0.2, 0) is 6.54 Å². The number of aromatic nitrogens is 5. The molecule has 7 heteroatoms. The van der Waals surface area contributed by atoms with Crippen molar-refractivity contribution in [3.05, 3.63) is 67.0 Å². The molecule has 3 N–H and O–H groups in total. The molecule has 1 aromatic carbocycles. The van der Waals surface area contributed by atoms with Crippen molar-refractivity contribution in [2.45, 2.75) is 6.54 Å². The van der Waals surface area contributed by atoms with E-state index >= 15 is 0 Å². The van der Waals surface area contributed by atoms with Gasteiger partial charge in [0.2, 0.25) is 17.8 Å². The van der Waals surface area contributed by atoms with Gasteiger partial charge in [-0.3, -0.25) is 0 Å². The first kappa shape index (κ1) is 16.0. The number of imidazole rings is 1. The van der Waals surface area contributed by atoms with Gasteiger partial charge in [0.15, 0.2) is 24.2 Å². The molecule has 0 radical (unpaired) electrons. The van der Waals surface area contributed by atoms with Crippen LogP contribution in [-0.4, -0.2) is 29.0 Å². The van der Waals surface area contributed by atoms with E-state index in [9.17, 15) is 0 Å². The van der Waals surface area contributed by atoms with Gasteiger partial charge in [-0.2, -0.15) is 4.57 Å². The zero-order valence-corrected chi connectivity index (χ0v) is 14.8. The van der Waals surface area contributed by atoms with E-state index in [4.69, 9.17) is 5.73 Å². The van der Waals surface area contributed by atoms with Crippen molar-refractivity contribution >= 4 is 22.7 Å². The fourth-order valence-electron chi connectivity index (χ4n) is 2.92. The Kier molecular flexibility index (Phi) is 3.96. The van der Waals surface area contributed by atoms with Gasteiger partial charge in [0.25, 0.3) is 5.65 Å². The Morgan fingerprint density at radius 1 is 1.04 bits per heavy atom. The largest absolute Gasteiger partial charge is 0.377 e. The summed E-state index contributed by atoms with van der Waals surface area (Å²) in [6, 6.07) is 12.6. The molecular weight excluding hydrogens is 326 g/mol. The fraction of sp³-hybridized carbons (Fsp3) is 0.158. The standard InChI is InChI=1S/C19H20N7/c1-24(2)15-7-9-25(10-8-15)16-5-3-14(4-6-16)11-26-13-23-18(20)17-19(26)22-12-21-17/h3-10,12-13H,11H2,1-2H3,(H2,20,21,22)/q+1/p+1. The number of nitrogens with zero attached hydrogens (tertiary/aromatic N) is 5. The highest BCUT2D eigenvalue weighted by molar-refractivity contribution is 5.78. The average Bonchev–Trinajstić information content (AvgIpc) is 3.16. The second-order valence-electron chi connectivity index (χ2n) is 6.38. The van der Waals surface area contributed by atoms with Crippen molar-refractivity contribution in [3.8, 4) is 5.69 Å². The Morgan fingerprint density at radius 3 is 2.46 bits per heavy atom. The SMILES string of the molecule is CN(C)c1cc[n+](-c2ccc(C[n+]3cnc(N)c4[nH]cnc43)cc2)cc1. The fourth-order valence-corrected chi connectivity index (χ4v) is 2.92. The Balaban J connectivity index is 1.57. The van der Waals surface area contributed by atoms with E-state index in [0.717, 1.165) is 16.9 Å². The van der Waals surface area contributed by atoms with Gasteiger partial charge in [0, 0.05) is 44.0 Å². The van der Waals surface area contributed by atoms with Crippen LogP contribution in [0.15, 0.2) is 61.4 Å². The number of rotatable bonds is 4. The second kappa shape index (κ2) is 6.44. The molecule has 0 spiro atoms. The zero-order chi connectivity index (χ0) is 18.1. The minimum atomic E-state index is 0.460. The summed E-state index contributed by atoms with van der Waals surface area (Å²) < 4.78 is 4.08. The predicted molar refractivity (Wildman–Crippen MR) is 99.9 cm³/mol. The molecule has 3 aromatic heterocycles. The summed E-state index contributed by atoms with van der Waals surface area (Å²) in [4.78, 5) is 13.7. The lowest BCUT2D eigenvalue weighted by Gasteiger charge is -2.10. The normalized spacial score (nSPS) is 11.0. The lowest BCUT2D eigenvalue weighted by Crippen LogP contribution is -2.36. The maximum atomic E-state index is 5.87. The molecule has 0 saturated carbocycles. The van der Waals surface area contributed by atoms with Gasteiger partial charge in [-0.1, -0.05) is 9.97 Å². The van der Waals surface area contributed by atoms with E-state index in [-0.39, 0.29) is 0 Å². The van der Waals surface area contributed by atoms with E-state index in [1.54, 1.807) is 12.7 Å². The van der Waals surface area contributed by atoms with Crippen LogP contribution in [0.4, 0.5) is 11.5 Å². The van der Waals surface area contributed by atoms with Crippen LogP contribution in [0.1, 0.15) is 5.56 Å². The lowest BCUT2D eigenvalue weighted by molar-refractivity contribution is -0.667. The molecule has 0 amide bonds. The van der Waals surface area contributed by atoms with Crippen LogP contribution in [0, 0.1) is 0 Å². The molecule has 26 heavy (non-hydrogen) atoms. The van der Waals surface area contributed by atoms with Gasteiger partial charge in [-0.25, -0.2) is 4.57 Å². The smallest absolute Gasteiger partial charge is 0.293 e. The maximum absolute atomic E-state index is 5.87. The van der Waals surface area contributed by atoms with Gasteiger partial charge >= 0.3 is 0 Å². The quantitative estimate of drug-likeness (QED) is 0.544. The Hall–Kier alpha value is -3.48. The Morgan fingerprint density at radius 2 is 1.77 bits per heavy atom. The van der Waals surface area contributed by atoms with Crippen molar-refractivity contribution in [3.63, 3.8) is 0 Å². The number of pyridine rings is 1. The number of hydrogen-bond donors (Lipinski definition) is 2. The van der Waals surface area contributed by atoms with Crippen molar-refractivity contribution in [2.75, 3.05) is 24.7 Å². The third-order valence-corrected chi connectivity index (χ3v) is 4.40. The number of fused-ring (bicyclic) bond motifs is 1. The molecule has 0 fully saturated rings. The molecule has 0 aliphatic carbocycles. The molecule has 4 aromatic rings.